The van der Waals surface area contributed by atoms with E-state index in [0.29, 0.717) is 38.4 Å². The maximum atomic E-state index is 12.9. The Kier molecular flexibility index (Phi) is 7.77. The molecule has 8 nitrogen and oxygen atoms in total. The monoisotopic (exact) mass is 464 g/mol. The molecule has 8 heteroatoms. The van der Waals surface area contributed by atoms with E-state index >= 15 is 0 Å². The Hall–Kier alpha value is -3.00. The third kappa shape index (κ3) is 6.11. The van der Waals surface area contributed by atoms with Gasteiger partial charge in [0.05, 0.1) is 6.54 Å². The number of para-hydroxylation sites is 1. The largest absolute Gasteiger partial charge is 0.354 e. The number of amides is 2. The lowest BCUT2D eigenvalue weighted by molar-refractivity contribution is -0.135. The second kappa shape index (κ2) is 11.0. The number of anilines is 2. The number of likely N-dealkylation sites (tertiary alicyclic amines) is 1. The Morgan fingerprint density at radius 1 is 1.00 bits per heavy atom. The lowest BCUT2D eigenvalue weighted by Crippen LogP contribution is -2.51. The molecule has 2 aromatic rings. The summed E-state index contributed by atoms with van der Waals surface area (Å²) in [5, 5.41) is 2.99. The fourth-order valence-electron chi connectivity index (χ4n) is 4.58. The second-order valence-corrected chi connectivity index (χ2v) is 9.65. The minimum Gasteiger partial charge on any atom is -0.354 e. The molecular formula is C26H36N6O2. The van der Waals surface area contributed by atoms with Crippen LogP contribution in [0.5, 0.6) is 0 Å². The molecule has 0 unspecified atom stereocenters. The first-order chi connectivity index (χ1) is 16.4. The number of benzene rings is 1. The third-order valence-electron chi connectivity index (χ3n) is 6.69. The maximum Gasteiger partial charge on any atom is 0.236 e. The summed E-state index contributed by atoms with van der Waals surface area (Å²) in [6, 6.07) is 11.6. The minimum absolute atomic E-state index is 0.0418. The number of rotatable bonds is 6. The predicted molar refractivity (Wildman–Crippen MR) is 134 cm³/mol. The summed E-state index contributed by atoms with van der Waals surface area (Å²) in [6.07, 6.45) is 1.42. The van der Waals surface area contributed by atoms with E-state index in [1.165, 1.54) is 0 Å². The van der Waals surface area contributed by atoms with Crippen molar-refractivity contribution < 1.29 is 9.59 Å². The molecule has 182 valence electrons. The van der Waals surface area contributed by atoms with Crippen molar-refractivity contribution in [2.75, 3.05) is 56.0 Å². The molecule has 1 aromatic carbocycles. The van der Waals surface area contributed by atoms with Gasteiger partial charge in [0.25, 0.3) is 0 Å². The highest BCUT2D eigenvalue weighted by atomic mass is 16.2. The summed E-state index contributed by atoms with van der Waals surface area (Å²) < 4.78 is 0. The number of hydrogen-bond acceptors (Lipinski definition) is 6. The summed E-state index contributed by atoms with van der Waals surface area (Å²) in [5.41, 5.74) is 1.81. The van der Waals surface area contributed by atoms with Crippen LogP contribution in [0.4, 0.5) is 11.5 Å². The zero-order valence-electron chi connectivity index (χ0n) is 20.5. The van der Waals surface area contributed by atoms with E-state index in [2.05, 4.69) is 33.9 Å². The Bertz CT molecular complexity index is 980. The van der Waals surface area contributed by atoms with E-state index in [-0.39, 0.29) is 17.7 Å². The van der Waals surface area contributed by atoms with E-state index in [9.17, 15) is 9.59 Å². The van der Waals surface area contributed by atoms with Crippen molar-refractivity contribution in [3.63, 3.8) is 0 Å². The molecule has 3 heterocycles. The molecule has 0 atom stereocenters. The van der Waals surface area contributed by atoms with E-state index in [1.54, 1.807) is 0 Å². The quantitative estimate of drug-likeness (QED) is 0.708. The van der Waals surface area contributed by atoms with Gasteiger partial charge in [0.2, 0.25) is 11.8 Å². The van der Waals surface area contributed by atoms with Crippen LogP contribution < -0.4 is 10.2 Å². The molecule has 2 amide bonds. The average Bonchev–Trinajstić information content (AvgIpc) is 2.85. The van der Waals surface area contributed by atoms with Gasteiger partial charge >= 0.3 is 0 Å². The molecule has 1 aromatic heterocycles. The van der Waals surface area contributed by atoms with Gasteiger partial charge in [-0.25, -0.2) is 9.97 Å². The average molecular weight is 465 g/mol. The van der Waals surface area contributed by atoms with E-state index in [0.717, 1.165) is 49.2 Å². The number of carbonyl (C=O) groups is 2. The van der Waals surface area contributed by atoms with Crippen molar-refractivity contribution >= 4 is 23.3 Å². The standard InChI is InChI=1S/C26H36N6O2/c1-19(2)25-27-20(3)17-23(29-25)31-15-13-30(14-16-31)18-24(33)32-11-9-21(10-12-32)26(34)28-22-7-5-4-6-8-22/h4-8,17,19,21H,9-16,18H2,1-3H3,(H,28,34). The number of carbonyl (C=O) groups excluding carboxylic acids is 2. The highest BCUT2D eigenvalue weighted by Gasteiger charge is 2.29. The Balaban J connectivity index is 1.22. The molecule has 2 aliphatic heterocycles. The second-order valence-electron chi connectivity index (χ2n) is 9.65. The fourth-order valence-corrected chi connectivity index (χ4v) is 4.58. The van der Waals surface area contributed by atoms with Gasteiger partial charge in [0, 0.05) is 68.6 Å². The van der Waals surface area contributed by atoms with Gasteiger partial charge in [-0.1, -0.05) is 32.0 Å². The summed E-state index contributed by atoms with van der Waals surface area (Å²) in [4.78, 5) is 41.2. The Morgan fingerprint density at radius 3 is 2.32 bits per heavy atom. The van der Waals surface area contributed by atoms with Crippen LogP contribution in [-0.4, -0.2) is 77.4 Å². The Labute approximate surface area is 202 Å². The molecule has 2 aliphatic rings. The van der Waals surface area contributed by atoms with Crippen molar-refractivity contribution in [3.05, 3.63) is 47.9 Å². The first-order valence-corrected chi connectivity index (χ1v) is 12.4. The molecule has 0 spiro atoms. The van der Waals surface area contributed by atoms with Crippen molar-refractivity contribution in [2.45, 2.75) is 39.5 Å². The fraction of sp³-hybridized carbons (Fsp3) is 0.538. The summed E-state index contributed by atoms with van der Waals surface area (Å²) >= 11 is 0. The smallest absolute Gasteiger partial charge is 0.236 e. The minimum atomic E-state index is -0.0418. The van der Waals surface area contributed by atoms with E-state index in [4.69, 9.17) is 4.98 Å². The van der Waals surface area contributed by atoms with Crippen LogP contribution in [-0.2, 0) is 9.59 Å². The Morgan fingerprint density at radius 2 is 1.68 bits per heavy atom. The number of nitrogens with one attached hydrogen (secondary N) is 1. The lowest BCUT2D eigenvalue weighted by atomic mass is 9.95. The third-order valence-corrected chi connectivity index (χ3v) is 6.69. The van der Waals surface area contributed by atoms with Crippen LogP contribution in [0.3, 0.4) is 0 Å². The molecule has 0 saturated carbocycles. The highest BCUT2D eigenvalue weighted by Crippen LogP contribution is 2.21. The van der Waals surface area contributed by atoms with Crippen molar-refractivity contribution in [3.8, 4) is 0 Å². The van der Waals surface area contributed by atoms with Gasteiger partial charge < -0.3 is 15.1 Å². The molecule has 0 radical (unpaired) electrons. The molecule has 4 rings (SSSR count). The van der Waals surface area contributed by atoms with Crippen LogP contribution in [0.15, 0.2) is 36.4 Å². The lowest BCUT2D eigenvalue weighted by Gasteiger charge is -2.37. The molecule has 2 saturated heterocycles. The van der Waals surface area contributed by atoms with Gasteiger partial charge in [0.1, 0.15) is 11.6 Å². The van der Waals surface area contributed by atoms with Crippen LogP contribution >= 0.6 is 0 Å². The number of nitrogens with zero attached hydrogens (tertiary/aromatic N) is 5. The van der Waals surface area contributed by atoms with Gasteiger partial charge in [-0.2, -0.15) is 0 Å². The number of aromatic nitrogens is 2. The van der Waals surface area contributed by atoms with Gasteiger partial charge in [-0.15, -0.1) is 0 Å². The summed E-state index contributed by atoms with van der Waals surface area (Å²) in [7, 11) is 0. The molecular weight excluding hydrogens is 428 g/mol. The molecule has 0 aliphatic carbocycles. The molecule has 0 bridgehead atoms. The summed E-state index contributed by atoms with van der Waals surface area (Å²) in [6.45, 7) is 11.3. The topological polar surface area (TPSA) is 81.7 Å². The highest BCUT2D eigenvalue weighted by molar-refractivity contribution is 5.92. The number of aryl methyl sites for hydroxylation is 1. The normalized spacial score (nSPS) is 17.8. The first-order valence-electron chi connectivity index (χ1n) is 12.4. The SMILES string of the molecule is Cc1cc(N2CCN(CC(=O)N3CCC(C(=O)Nc4ccccc4)CC3)CC2)nc(C(C)C)n1. The molecule has 34 heavy (non-hydrogen) atoms. The van der Waals surface area contributed by atoms with Gasteiger partial charge in [-0.3, -0.25) is 14.5 Å². The van der Waals surface area contributed by atoms with Crippen molar-refractivity contribution in [1.29, 1.82) is 0 Å². The van der Waals surface area contributed by atoms with Gasteiger partial charge in [-0.05, 0) is 31.9 Å². The number of piperidine rings is 1. The predicted octanol–water partition coefficient (Wildman–Crippen LogP) is 2.91. The zero-order chi connectivity index (χ0) is 24.1. The van der Waals surface area contributed by atoms with Gasteiger partial charge in [0.15, 0.2) is 0 Å². The first kappa shape index (κ1) is 24.1. The number of hydrogen-bond donors (Lipinski definition) is 1. The maximum absolute atomic E-state index is 12.9. The van der Waals surface area contributed by atoms with Crippen molar-refractivity contribution in [2.24, 2.45) is 5.92 Å². The molecule has 1 N–H and O–H groups in total. The van der Waals surface area contributed by atoms with Crippen LogP contribution in [0.25, 0.3) is 0 Å². The molecule has 2 fully saturated rings. The van der Waals surface area contributed by atoms with Crippen LogP contribution in [0.1, 0.15) is 44.1 Å². The van der Waals surface area contributed by atoms with Crippen molar-refractivity contribution in [1.82, 2.24) is 19.8 Å². The van der Waals surface area contributed by atoms with E-state index < -0.39 is 0 Å². The zero-order valence-corrected chi connectivity index (χ0v) is 20.5. The summed E-state index contributed by atoms with van der Waals surface area (Å²) in [5.74, 6) is 2.34. The number of piperazine rings is 1. The van der Waals surface area contributed by atoms with E-state index in [1.807, 2.05) is 48.2 Å². The van der Waals surface area contributed by atoms with Crippen LogP contribution in [0, 0.1) is 12.8 Å². The van der Waals surface area contributed by atoms with Crippen LogP contribution in [0.2, 0.25) is 0 Å².